The Kier molecular flexibility index (Phi) is 6.63. The molecule has 0 aromatic heterocycles. The zero-order chi connectivity index (χ0) is 19.2. The normalized spacial score (nSPS) is 11.0. The number of benzene rings is 2. The summed E-state index contributed by atoms with van der Waals surface area (Å²) in [6, 6.07) is 14.6. The molecule has 2 aromatic carbocycles. The van der Waals surface area contributed by atoms with Crippen LogP contribution in [0.2, 0.25) is 0 Å². The number of hydrogen-bond acceptors (Lipinski definition) is 4. The molecule has 0 radical (unpaired) electrons. The van der Waals surface area contributed by atoms with Gasteiger partial charge in [-0.15, -0.1) is 0 Å². The van der Waals surface area contributed by atoms with Gasteiger partial charge in [-0.05, 0) is 24.6 Å². The van der Waals surface area contributed by atoms with E-state index >= 15 is 0 Å². The number of hydrogen-bond donors (Lipinski definition) is 1. The topological polar surface area (TPSA) is 75.7 Å². The van der Waals surface area contributed by atoms with Gasteiger partial charge in [0.05, 0.1) is 32.0 Å². The second-order valence-corrected chi connectivity index (χ2v) is 7.93. The van der Waals surface area contributed by atoms with Gasteiger partial charge in [-0.25, -0.2) is 8.42 Å². The van der Waals surface area contributed by atoms with Gasteiger partial charge in [0.2, 0.25) is 15.9 Å². The first-order valence-corrected chi connectivity index (χ1v) is 10.1. The minimum atomic E-state index is -3.51. The van der Waals surface area contributed by atoms with Gasteiger partial charge in [0, 0.05) is 6.54 Å². The summed E-state index contributed by atoms with van der Waals surface area (Å²) in [5, 5.41) is 2.77. The van der Waals surface area contributed by atoms with Gasteiger partial charge in [0.25, 0.3) is 0 Å². The summed E-state index contributed by atoms with van der Waals surface area (Å²) in [6.07, 6.45) is 1.39. The van der Waals surface area contributed by atoms with Gasteiger partial charge in [-0.2, -0.15) is 0 Å². The quantitative estimate of drug-likeness (QED) is 0.766. The van der Waals surface area contributed by atoms with E-state index in [1.807, 2.05) is 31.2 Å². The molecule has 0 aliphatic heterocycles. The summed E-state index contributed by atoms with van der Waals surface area (Å²) in [6.45, 7) is 2.32. The van der Waals surface area contributed by atoms with Crippen LogP contribution in [0.25, 0.3) is 0 Å². The molecule has 0 bridgehead atoms. The third-order valence-corrected chi connectivity index (χ3v) is 5.06. The Morgan fingerprint density at radius 2 is 1.77 bits per heavy atom. The van der Waals surface area contributed by atoms with E-state index in [4.69, 9.17) is 4.74 Å². The summed E-state index contributed by atoms with van der Waals surface area (Å²) >= 11 is 0. The predicted molar refractivity (Wildman–Crippen MR) is 103 cm³/mol. The third kappa shape index (κ3) is 5.49. The Labute approximate surface area is 154 Å². The number of para-hydroxylation sites is 2. The number of ether oxygens (including phenoxy) is 1. The lowest BCUT2D eigenvalue weighted by Gasteiger charge is -2.24. The molecule has 0 atom stereocenters. The van der Waals surface area contributed by atoms with E-state index in [1.54, 1.807) is 24.3 Å². The molecule has 0 spiro atoms. The van der Waals surface area contributed by atoms with Crippen molar-refractivity contribution in [2.24, 2.45) is 0 Å². The van der Waals surface area contributed by atoms with Crippen molar-refractivity contribution in [3.63, 3.8) is 0 Å². The van der Waals surface area contributed by atoms with Crippen molar-refractivity contribution in [3.8, 4) is 5.75 Å². The molecule has 0 unspecified atom stereocenters. The second kappa shape index (κ2) is 8.71. The smallest absolute Gasteiger partial charge is 0.232 e. The lowest BCUT2D eigenvalue weighted by molar-refractivity contribution is -0.120. The van der Waals surface area contributed by atoms with Crippen LogP contribution in [-0.2, 0) is 21.2 Å². The van der Waals surface area contributed by atoms with Gasteiger partial charge in [0.1, 0.15) is 5.75 Å². The monoisotopic (exact) mass is 376 g/mol. The maximum atomic E-state index is 12.2. The van der Waals surface area contributed by atoms with Crippen molar-refractivity contribution >= 4 is 21.6 Å². The summed E-state index contributed by atoms with van der Waals surface area (Å²) in [7, 11) is -2.02. The lowest BCUT2D eigenvalue weighted by Crippen LogP contribution is -2.38. The summed E-state index contributed by atoms with van der Waals surface area (Å²) in [5.41, 5.74) is 2.50. The lowest BCUT2D eigenvalue weighted by atomic mass is 10.1. The largest absolute Gasteiger partial charge is 0.495 e. The van der Waals surface area contributed by atoms with Crippen molar-refractivity contribution in [2.45, 2.75) is 13.3 Å². The fourth-order valence-corrected chi connectivity index (χ4v) is 3.48. The minimum absolute atomic E-state index is 0.124. The standard InChI is InChI=1S/C19H24N2O4S/c1-15-8-10-16(11-9-15)14-19(22)20-12-13-21(26(3,23)24)17-6-4-5-7-18(17)25-2/h4-11H,12-14H2,1-3H3,(H,20,22). The van der Waals surface area contributed by atoms with Crippen molar-refractivity contribution in [3.05, 3.63) is 59.7 Å². The summed E-state index contributed by atoms with van der Waals surface area (Å²) in [5.74, 6) is 0.311. The number of amides is 1. The van der Waals surface area contributed by atoms with Crippen LogP contribution in [0.1, 0.15) is 11.1 Å². The summed E-state index contributed by atoms with van der Waals surface area (Å²) < 4.78 is 30.8. The number of anilines is 1. The fraction of sp³-hybridized carbons (Fsp3) is 0.316. The molecule has 0 fully saturated rings. The zero-order valence-electron chi connectivity index (χ0n) is 15.2. The van der Waals surface area contributed by atoms with Crippen LogP contribution in [0.15, 0.2) is 48.5 Å². The van der Waals surface area contributed by atoms with Crippen LogP contribution in [-0.4, -0.2) is 40.8 Å². The Morgan fingerprint density at radius 3 is 2.38 bits per heavy atom. The molecule has 7 heteroatoms. The van der Waals surface area contributed by atoms with Crippen molar-refractivity contribution in [1.82, 2.24) is 5.32 Å². The Bertz CT molecular complexity index is 848. The molecule has 6 nitrogen and oxygen atoms in total. The number of aryl methyl sites for hydroxylation is 1. The summed E-state index contributed by atoms with van der Waals surface area (Å²) in [4.78, 5) is 12.1. The highest BCUT2D eigenvalue weighted by Crippen LogP contribution is 2.29. The SMILES string of the molecule is COc1ccccc1N(CCNC(=O)Cc1ccc(C)cc1)S(C)(=O)=O. The number of sulfonamides is 1. The van der Waals surface area contributed by atoms with E-state index in [1.165, 1.54) is 11.4 Å². The van der Waals surface area contributed by atoms with Gasteiger partial charge >= 0.3 is 0 Å². The van der Waals surface area contributed by atoms with Crippen molar-refractivity contribution in [2.75, 3.05) is 30.8 Å². The minimum Gasteiger partial charge on any atom is -0.495 e. The fourth-order valence-electron chi connectivity index (χ4n) is 2.55. The Balaban J connectivity index is 2.00. The van der Waals surface area contributed by atoms with Gasteiger partial charge in [0.15, 0.2) is 0 Å². The molecule has 0 heterocycles. The highest BCUT2D eigenvalue weighted by Gasteiger charge is 2.20. The molecule has 0 saturated carbocycles. The first-order valence-electron chi connectivity index (χ1n) is 8.24. The molecular weight excluding hydrogens is 352 g/mol. The van der Waals surface area contributed by atoms with E-state index in [0.717, 1.165) is 17.4 Å². The second-order valence-electron chi connectivity index (χ2n) is 6.02. The van der Waals surface area contributed by atoms with E-state index < -0.39 is 10.0 Å². The van der Waals surface area contributed by atoms with Crippen molar-refractivity contribution in [1.29, 1.82) is 0 Å². The number of rotatable bonds is 8. The average Bonchev–Trinajstić information content (AvgIpc) is 2.60. The predicted octanol–water partition coefficient (Wildman–Crippen LogP) is 2.13. The number of carbonyl (C=O) groups excluding carboxylic acids is 1. The average molecular weight is 376 g/mol. The van der Waals surface area contributed by atoms with Crippen molar-refractivity contribution < 1.29 is 17.9 Å². The highest BCUT2D eigenvalue weighted by atomic mass is 32.2. The number of nitrogens with one attached hydrogen (secondary N) is 1. The van der Waals surface area contributed by atoms with E-state index in [2.05, 4.69) is 5.32 Å². The van der Waals surface area contributed by atoms with Gasteiger partial charge in [-0.1, -0.05) is 42.0 Å². The molecule has 140 valence electrons. The third-order valence-electron chi connectivity index (χ3n) is 3.88. The molecule has 0 saturated heterocycles. The van der Waals surface area contributed by atoms with Crippen LogP contribution in [0, 0.1) is 6.92 Å². The number of carbonyl (C=O) groups is 1. The first-order chi connectivity index (χ1) is 12.3. The van der Waals surface area contributed by atoms with Crippen LogP contribution >= 0.6 is 0 Å². The number of nitrogens with zero attached hydrogens (tertiary/aromatic N) is 1. The highest BCUT2D eigenvalue weighted by molar-refractivity contribution is 7.92. The Morgan fingerprint density at radius 1 is 1.12 bits per heavy atom. The molecule has 2 aromatic rings. The molecular formula is C19H24N2O4S. The maximum absolute atomic E-state index is 12.2. The molecule has 2 rings (SSSR count). The molecule has 0 aliphatic carbocycles. The van der Waals surface area contributed by atoms with E-state index in [9.17, 15) is 13.2 Å². The first kappa shape index (κ1) is 19.8. The van der Waals surface area contributed by atoms with Gasteiger partial charge in [-0.3, -0.25) is 9.10 Å². The number of methoxy groups -OCH3 is 1. The molecule has 0 aliphatic rings. The molecule has 26 heavy (non-hydrogen) atoms. The maximum Gasteiger partial charge on any atom is 0.232 e. The van der Waals surface area contributed by atoms with Gasteiger partial charge < -0.3 is 10.1 Å². The van der Waals surface area contributed by atoms with E-state index in [0.29, 0.717) is 11.4 Å². The Hall–Kier alpha value is -2.54. The van der Waals surface area contributed by atoms with Crippen LogP contribution in [0.5, 0.6) is 5.75 Å². The zero-order valence-corrected chi connectivity index (χ0v) is 16.0. The molecule has 1 amide bonds. The van der Waals surface area contributed by atoms with Crippen LogP contribution < -0.4 is 14.4 Å². The van der Waals surface area contributed by atoms with Crippen LogP contribution in [0.3, 0.4) is 0 Å². The van der Waals surface area contributed by atoms with Crippen LogP contribution in [0.4, 0.5) is 5.69 Å². The van der Waals surface area contributed by atoms with E-state index in [-0.39, 0.29) is 25.4 Å². The molecule has 1 N–H and O–H groups in total.